The largest absolute Gasteiger partial charge is 0.490 e. The zero-order chi connectivity index (χ0) is 14.5. The lowest BCUT2D eigenvalue weighted by Gasteiger charge is -2.09. The van der Waals surface area contributed by atoms with E-state index in [0.29, 0.717) is 17.2 Å². The van der Waals surface area contributed by atoms with Crippen LogP contribution in [0, 0.1) is 10.1 Å². The molecule has 2 aromatic rings. The number of pyridine rings is 1. The molecule has 2 rings (SSSR count). The lowest BCUT2D eigenvalue weighted by atomic mass is 10.2. The Labute approximate surface area is 115 Å². The molecule has 0 unspecified atom stereocenters. The maximum Gasteiger partial charge on any atom is 0.314 e. The van der Waals surface area contributed by atoms with Gasteiger partial charge < -0.3 is 15.2 Å². The smallest absolute Gasteiger partial charge is 0.314 e. The van der Waals surface area contributed by atoms with Gasteiger partial charge in [-0.05, 0) is 18.2 Å². The van der Waals surface area contributed by atoms with Gasteiger partial charge in [-0.1, -0.05) is 6.07 Å². The summed E-state index contributed by atoms with van der Waals surface area (Å²) < 4.78 is 10.5. The van der Waals surface area contributed by atoms with E-state index in [2.05, 4.69) is 4.98 Å². The first-order valence-corrected chi connectivity index (χ1v) is 5.80. The van der Waals surface area contributed by atoms with E-state index in [1.54, 1.807) is 24.4 Å². The summed E-state index contributed by atoms with van der Waals surface area (Å²) in [5.74, 6) is 0.794. The second kappa shape index (κ2) is 5.98. The number of nitrogens with two attached hydrogens (primary N) is 1. The Morgan fingerprint density at radius 1 is 1.40 bits per heavy atom. The molecule has 0 bridgehead atoms. The number of ether oxygens (including phenoxy) is 2. The number of nitro groups is 1. The second-order valence-corrected chi connectivity index (χ2v) is 3.86. The third-order valence-corrected chi connectivity index (χ3v) is 2.63. The summed E-state index contributed by atoms with van der Waals surface area (Å²) in [4.78, 5) is 14.5. The van der Waals surface area contributed by atoms with Gasteiger partial charge in [0.1, 0.15) is 5.75 Å². The summed E-state index contributed by atoms with van der Waals surface area (Å²) in [5, 5.41) is 10.9. The number of methoxy groups -OCH3 is 1. The quantitative estimate of drug-likeness (QED) is 0.663. The Morgan fingerprint density at radius 2 is 2.20 bits per heavy atom. The molecule has 0 amide bonds. The number of hydrogen-bond acceptors (Lipinski definition) is 6. The van der Waals surface area contributed by atoms with Crippen LogP contribution in [0.1, 0.15) is 5.56 Å². The minimum absolute atomic E-state index is 0.169. The van der Waals surface area contributed by atoms with Crippen molar-refractivity contribution in [2.24, 2.45) is 5.73 Å². The van der Waals surface area contributed by atoms with Gasteiger partial charge >= 0.3 is 5.69 Å². The highest BCUT2D eigenvalue weighted by Crippen LogP contribution is 2.33. The van der Waals surface area contributed by atoms with Gasteiger partial charge in [-0.15, -0.1) is 0 Å². The van der Waals surface area contributed by atoms with E-state index in [0.717, 1.165) is 0 Å². The second-order valence-electron chi connectivity index (χ2n) is 3.86. The lowest BCUT2D eigenvalue weighted by molar-refractivity contribution is -0.385. The molecule has 0 fully saturated rings. The van der Waals surface area contributed by atoms with Gasteiger partial charge in [-0.25, -0.2) is 4.98 Å². The van der Waals surface area contributed by atoms with Gasteiger partial charge in [0.05, 0.1) is 18.1 Å². The number of rotatable bonds is 5. The molecule has 0 atom stereocenters. The molecular formula is C13H13N3O4. The molecular weight excluding hydrogens is 262 g/mol. The summed E-state index contributed by atoms with van der Waals surface area (Å²) in [6.07, 6.45) is 1.56. The molecule has 2 N–H and O–H groups in total. The van der Waals surface area contributed by atoms with Crippen LogP contribution >= 0.6 is 0 Å². The average molecular weight is 275 g/mol. The molecule has 7 heteroatoms. The zero-order valence-corrected chi connectivity index (χ0v) is 10.8. The van der Waals surface area contributed by atoms with Crippen LogP contribution in [0.25, 0.3) is 0 Å². The molecule has 104 valence electrons. The number of nitro benzene ring substituents is 1. The molecule has 1 aromatic heterocycles. The lowest BCUT2D eigenvalue weighted by Crippen LogP contribution is -2.01. The molecule has 0 saturated heterocycles. The topological polar surface area (TPSA) is 101 Å². The van der Waals surface area contributed by atoms with Crippen LogP contribution in [0.3, 0.4) is 0 Å². The highest BCUT2D eigenvalue weighted by molar-refractivity contribution is 5.51. The fourth-order valence-corrected chi connectivity index (χ4v) is 1.66. The first-order chi connectivity index (χ1) is 9.65. The monoisotopic (exact) mass is 275 g/mol. The minimum atomic E-state index is -0.534. The van der Waals surface area contributed by atoms with Crippen molar-refractivity contribution < 1.29 is 14.4 Å². The SMILES string of the molecule is COc1ccc(Oc2ncccc2CN)cc1[N+](=O)[O-]. The van der Waals surface area contributed by atoms with Crippen molar-refractivity contribution in [1.29, 1.82) is 0 Å². The van der Waals surface area contributed by atoms with E-state index in [1.807, 2.05) is 0 Å². The van der Waals surface area contributed by atoms with Crippen molar-refractivity contribution in [3.05, 3.63) is 52.2 Å². The fourth-order valence-electron chi connectivity index (χ4n) is 1.66. The van der Waals surface area contributed by atoms with E-state index in [-0.39, 0.29) is 18.0 Å². The number of hydrogen-bond donors (Lipinski definition) is 1. The Morgan fingerprint density at radius 3 is 2.85 bits per heavy atom. The summed E-state index contributed by atoms with van der Waals surface area (Å²) in [5.41, 5.74) is 6.12. The van der Waals surface area contributed by atoms with E-state index in [4.69, 9.17) is 15.2 Å². The Hall–Kier alpha value is -2.67. The predicted octanol–water partition coefficient (Wildman–Crippen LogP) is 2.25. The summed E-state index contributed by atoms with van der Waals surface area (Å²) in [6, 6.07) is 7.85. The first kappa shape index (κ1) is 13.8. The van der Waals surface area contributed by atoms with E-state index in [9.17, 15) is 10.1 Å². The van der Waals surface area contributed by atoms with Gasteiger partial charge in [0.15, 0.2) is 5.75 Å². The maximum atomic E-state index is 10.9. The molecule has 1 aromatic carbocycles. The van der Waals surface area contributed by atoms with Gasteiger partial charge in [0.2, 0.25) is 5.88 Å². The van der Waals surface area contributed by atoms with Crippen molar-refractivity contribution in [3.8, 4) is 17.4 Å². The Bertz CT molecular complexity index is 631. The molecule has 0 saturated carbocycles. The van der Waals surface area contributed by atoms with Gasteiger partial charge in [0.25, 0.3) is 0 Å². The van der Waals surface area contributed by atoms with Crippen molar-refractivity contribution >= 4 is 5.69 Å². The van der Waals surface area contributed by atoms with Crippen LogP contribution in [0.5, 0.6) is 17.4 Å². The minimum Gasteiger partial charge on any atom is -0.490 e. The molecule has 1 heterocycles. The molecule has 0 aliphatic carbocycles. The van der Waals surface area contributed by atoms with Crippen LogP contribution in [0.15, 0.2) is 36.5 Å². The van der Waals surface area contributed by atoms with Crippen molar-refractivity contribution in [3.63, 3.8) is 0 Å². The number of aromatic nitrogens is 1. The Kier molecular flexibility index (Phi) is 4.11. The standard InChI is InChI=1S/C13H13N3O4/c1-19-12-5-4-10(7-11(12)16(17)18)20-13-9(8-14)3-2-6-15-13/h2-7H,8,14H2,1H3. The van der Waals surface area contributed by atoms with E-state index >= 15 is 0 Å². The zero-order valence-electron chi connectivity index (χ0n) is 10.8. The van der Waals surface area contributed by atoms with Gasteiger partial charge in [-0.3, -0.25) is 10.1 Å². The molecule has 0 radical (unpaired) electrons. The molecule has 0 aliphatic heterocycles. The summed E-state index contributed by atoms with van der Waals surface area (Å²) >= 11 is 0. The maximum absolute atomic E-state index is 10.9. The van der Waals surface area contributed by atoms with Gasteiger partial charge in [0, 0.05) is 18.3 Å². The van der Waals surface area contributed by atoms with Crippen LogP contribution < -0.4 is 15.2 Å². The normalized spacial score (nSPS) is 10.1. The van der Waals surface area contributed by atoms with Crippen LogP contribution in [-0.2, 0) is 6.54 Å². The first-order valence-electron chi connectivity index (χ1n) is 5.80. The average Bonchev–Trinajstić information content (AvgIpc) is 2.47. The number of benzene rings is 1. The molecule has 0 spiro atoms. The third kappa shape index (κ3) is 2.83. The fraction of sp³-hybridized carbons (Fsp3) is 0.154. The third-order valence-electron chi connectivity index (χ3n) is 2.63. The summed E-state index contributed by atoms with van der Waals surface area (Å²) in [6.45, 7) is 0.265. The van der Waals surface area contributed by atoms with E-state index < -0.39 is 4.92 Å². The van der Waals surface area contributed by atoms with Crippen LogP contribution in [0.4, 0.5) is 5.69 Å². The van der Waals surface area contributed by atoms with Crippen LogP contribution in [0.2, 0.25) is 0 Å². The van der Waals surface area contributed by atoms with Crippen molar-refractivity contribution in [1.82, 2.24) is 4.98 Å². The van der Waals surface area contributed by atoms with E-state index in [1.165, 1.54) is 19.2 Å². The Balaban J connectivity index is 2.34. The number of nitrogens with zero attached hydrogens (tertiary/aromatic N) is 2. The highest BCUT2D eigenvalue weighted by atomic mass is 16.6. The predicted molar refractivity (Wildman–Crippen MR) is 71.9 cm³/mol. The molecule has 0 aliphatic rings. The van der Waals surface area contributed by atoms with Gasteiger partial charge in [-0.2, -0.15) is 0 Å². The molecule has 20 heavy (non-hydrogen) atoms. The molecule has 7 nitrogen and oxygen atoms in total. The van der Waals surface area contributed by atoms with Crippen molar-refractivity contribution in [2.45, 2.75) is 6.54 Å². The van der Waals surface area contributed by atoms with Crippen molar-refractivity contribution in [2.75, 3.05) is 7.11 Å². The summed E-state index contributed by atoms with van der Waals surface area (Å²) in [7, 11) is 1.37. The highest BCUT2D eigenvalue weighted by Gasteiger charge is 2.16. The van der Waals surface area contributed by atoms with Crippen LogP contribution in [-0.4, -0.2) is 17.0 Å².